The first-order valence-electron chi connectivity index (χ1n) is 6.09. The van der Waals surface area contributed by atoms with Crippen LogP contribution in [0.4, 0.5) is 4.39 Å². The van der Waals surface area contributed by atoms with E-state index in [0.717, 1.165) is 5.56 Å². The molecule has 0 amide bonds. The second-order valence-electron chi connectivity index (χ2n) is 4.27. The maximum atomic E-state index is 12.7. The van der Waals surface area contributed by atoms with Crippen molar-refractivity contribution in [3.8, 4) is 0 Å². The van der Waals surface area contributed by atoms with Crippen molar-refractivity contribution in [1.29, 1.82) is 0 Å². The number of hydrogen-bond acceptors (Lipinski definition) is 3. The molecule has 0 heterocycles. The lowest BCUT2D eigenvalue weighted by molar-refractivity contribution is -0.145. The van der Waals surface area contributed by atoms with Gasteiger partial charge in [0.25, 0.3) is 0 Å². The van der Waals surface area contributed by atoms with Gasteiger partial charge >= 0.3 is 5.97 Å². The lowest BCUT2D eigenvalue weighted by atomic mass is 10.1. The number of halogens is 1. The molecular weight excluding hydrogens is 235 g/mol. The van der Waals surface area contributed by atoms with Crippen LogP contribution < -0.4 is 0 Å². The van der Waals surface area contributed by atoms with Crippen molar-refractivity contribution in [2.45, 2.75) is 32.8 Å². The number of aryl methyl sites for hydroxylation is 1. The van der Waals surface area contributed by atoms with Gasteiger partial charge in [-0.25, -0.2) is 4.39 Å². The van der Waals surface area contributed by atoms with E-state index in [1.807, 2.05) is 13.8 Å². The number of ether oxygens (including phenoxy) is 2. The zero-order valence-electron chi connectivity index (χ0n) is 10.8. The zero-order valence-corrected chi connectivity index (χ0v) is 10.8. The van der Waals surface area contributed by atoms with E-state index >= 15 is 0 Å². The number of hydrogen-bond donors (Lipinski definition) is 0. The molecular formula is C14H19FO3. The van der Waals surface area contributed by atoms with Gasteiger partial charge in [-0.3, -0.25) is 4.79 Å². The summed E-state index contributed by atoms with van der Waals surface area (Å²) in [6.07, 6.45) is 1.00. The van der Waals surface area contributed by atoms with E-state index in [0.29, 0.717) is 19.4 Å². The molecule has 0 bridgehead atoms. The maximum Gasteiger partial charge on any atom is 0.306 e. The summed E-state index contributed by atoms with van der Waals surface area (Å²) in [5, 5.41) is 0. The molecule has 100 valence electrons. The third-order valence-corrected chi connectivity index (χ3v) is 2.33. The molecule has 0 unspecified atom stereocenters. The van der Waals surface area contributed by atoms with Gasteiger partial charge in [-0.1, -0.05) is 12.1 Å². The lowest BCUT2D eigenvalue weighted by Crippen LogP contribution is -2.13. The lowest BCUT2D eigenvalue weighted by Gasteiger charge is -2.08. The minimum atomic E-state index is -0.271. The molecule has 0 spiro atoms. The highest BCUT2D eigenvalue weighted by atomic mass is 19.1. The fourth-order valence-electron chi connectivity index (χ4n) is 1.41. The third-order valence-electron chi connectivity index (χ3n) is 2.33. The van der Waals surface area contributed by atoms with Gasteiger partial charge in [0.05, 0.1) is 12.7 Å². The molecule has 0 aliphatic carbocycles. The largest absolute Gasteiger partial charge is 0.463 e. The van der Waals surface area contributed by atoms with Crippen LogP contribution in [-0.4, -0.2) is 25.3 Å². The fourth-order valence-corrected chi connectivity index (χ4v) is 1.41. The van der Waals surface area contributed by atoms with Crippen molar-refractivity contribution in [3.63, 3.8) is 0 Å². The van der Waals surface area contributed by atoms with Crippen LogP contribution in [0, 0.1) is 5.82 Å². The Balaban J connectivity index is 2.15. The smallest absolute Gasteiger partial charge is 0.306 e. The highest BCUT2D eigenvalue weighted by Crippen LogP contribution is 2.06. The van der Waals surface area contributed by atoms with E-state index < -0.39 is 0 Å². The van der Waals surface area contributed by atoms with Crippen LogP contribution in [0.25, 0.3) is 0 Å². The molecule has 1 aromatic carbocycles. The quantitative estimate of drug-likeness (QED) is 0.554. The Hall–Kier alpha value is -1.42. The standard InChI is InChI=1S/C14H19FO3/c1-11(2)17-9-10-18-14(16)8-5-12-3-6-13(15)7-4-12/h3-4,6-7,11H,5,8-10H2,1-2H3. The van der Waals surface area contributed by atoms with Crippen LogP contribution in [0.1, 0.15) is 25.8 Å². The molecule has 0 aliphatic rings. The predicted octanol–water partition coefficient (Wildman–Crippen LogP) is 2.73. The van der Waals surface area contributed by atoms with E-state index in [1.165, 1.54) is 12.1 Å². The molecule has 0 N–H and O–H groups in total. The second-order valence-corrected chi connectivity index (χ2v) is 4.27. The monoisotopic (exact) mass is 254 g/mol. The van der Waals surface area contributed by atoms with Crippen LogP contribution in [0.15, 0.2) is 24.3 Å². The van der Waals surface area contributed by atoms with Gasteiger partial charge in [0.15, 0.2) is 0 Å². The molecule has 4 heteroatoms. The maximum absolute atomic E-state index is 12.7. The summed E-state index contributed by atoms with van der Waals surface area (Å²) in [6, 6.07) is 6.11. The molecule has 1 rings (SSSR count). The van der Waals surface area contributed by atoms with Crippen LogP contribution >= 0.6 is 0 Å². The zero-order chi connectivity index (χ0) is 13.4. The van der Waals surface area contributed by atoms with Gasteiger partial charge in [0.1, 0.15) is 12.4 Å². The highest BCUT2D eigenvalue weighted by Gasteiger charge is 2.04. The fraction of sp³-hybridized carbons (Fsp3) is 0.500. The molecule has 3 nitrogen and oxygen atoms in total. The van der Waals surface area contributed by atoms with Crippen molar-refractivity contribution in [3.05, 3.63) is 35.6 Å². The van der Waals surface area contributed by atoms with Crippen LogP contribution in [0.2, 0.25) is 0 Å². The van der Waals surface area contributed by atoms with E-state index in [1.54, 1.807) is 12.1 Å². The van der Waals surface area contributed by atoms with Crippen LogP contribution in [-0.2, 0) is 20.7 Å². The topological polar surface area (TPSA) is 35.5 Å². The van der Waals surface area contributed by atoms with Gasteiger partial charge in [0.2, 0.25) is 0 Å². The highest BCUT2D eigenvalue weighted by molar-refractivity contribution is 5.69. The molecule has 0 saturated carbocycles. The summed E-state index contributed by atoms with van der Waals surface area (Å²) in [5.41, 5.74) is 0.923. The molecule has 0 aromatic heterocycles. The Morgan fingerprint density at radius 1 is 1.22 bits per heavy atom. The van der Waals surface area contributed by atoms with E-state index in [-0.39, 0.29) is 24.5 Å². The van der Waals surface area contributed by atoms with Gasteiger partial charge in [0, 0.05) is 6.42 Å². The Labute approximate surface area is 107 Å². The average Bonchev–Trinajstić information content (AvgIpc) is 2.34. The summed E-state index contributed by atoms with van der Waals surface area (Å²) >= 11 is 0. The van der Waals surface area contributed by atoms with Gasteiger partial charge in [-0.05, 0) is 38.0 Å². The second kappa shape index (κ2) is 7.82. The summed E-state index contributed by atoms with van der Waals surface area (Å²) in [4.78, 5) is 11.4. The van der Waals surface area contributed by atoms with E-state index in [9.17, 15) is 9.18 Å². The Kier molecular flexibility index (Phi) is 6.36. The first-order valence-corrected chi connectivity index (χ1v) is 6.09. The predicted molar refractivity (Wildman–Crippen MR) is 66.8 cm³/mol. The normalized spacial score (nSPS) is 10.7. The van der Waals surface area contributed by atoms with Crippen LogP contribution in [0.3, 0.4) is 0 Å². The number of carbonyl (C=O) groups excluding carboxylic acids is 1. The summed E-state index contributed by atoms with van der Waals surface area (Å²) in [6.45, 7) is 4.55. The van der Waals surface area contributed by atoms with E-state index in [2.05, 4.69) is 0 Å². The van der Waals surface area contributed by atoms with Crippen molar-refractivity contribution in [2.75, 3.05) is 13.2 Å². The third kappa shape index (κ3) is 6.35. The Bertz CT molecular complexity index is 360. The molecule has 0 saturated heterocycles. The minimum Gasteiger partial charge on any atom is -0.463 e. The van der Waals surface area contributed by atoms with Gasteiger partial charge in [-0.2, -0.15) is 0 Å². The Morgan fingerprint density at radius 3 is 2.50 bits per heavy atom. The number of esters is 1. The van der Waals surface area contributed by atoms with Crippen LogP contribution in [0.5, 0.6) is 0 Å². The molecule has 0 aliphatic heterocycles. The number of rotatable bonds is 7. The van der Waals surface area contributed by atoms with Crippen molar-refractivity contribution in [2.24, 2.45) is 0 Å². The number of benzene rings is 1. The number of carbonyl (C=O) groups is 1. The molecule has 1 aromatic rings. The van der Waals surface area contributed by atoms with Crippen molar-refractivity contribution >= 4 is 5.97 Å². The summed E-state index contributed by atoms with van der Waals surface area (Å²) < 4.78 is 22.9. The van der Waals surface area contributed by atoms with Crippen molar-refractivity contribution < 1.29 is 18.7 Å². The van der Waals surface area contributed by atoms with E-state index in [4.69, 9.17) is 9.47 Å². The summed E-state index contributed by atoms with van der Waals surface area (Å²) in [5.74, 6) is -0.529. The van der Waals surface area contributed by atoms with Crippen molar-refractivity contribution in [1.82, 2.24) is 0 Å². The molecule has 0 radical (unpaired) electrons. The minimum absolute atomic E-state index is 0.142. The molecule has 0 atom stereocenters. The first kappa shape index (κ1) is 14.6. The Morgan fingerprint density at radius 2 is 1.89 bits per heavy atom. The SMILES string of the molecule is CC(C)OCCOC(=O)CCc1ccc(F)cc1. The first-order chi connectivity index (χ1) is 8.58. The molecule has 18 heavy (non-hydrogen) atoms. The summed E-state index contributed by atoms with van der Waals surface area (Å²) in [7, 11) is 0. The average molecular weight is 254 g/mol. The molecule has 0 fully saturated rings. The van der Waals surface area contributed by atoms with Gasteiger partial charge in [-0.15, -0.1) is 0 Å². The van der Waals surface area contributed by atoms with Gasteiger partial charge < -0.3 is 9.47 Å².